The minimum absolute atomic E-state index is 0.122. The fourth-order valence-electron chi connectivity index (χ4n) is 1.93. The van der Waals surface area contributed by atoms with E-state index in [1.165, 1.54) is 13.1 Å². The number of benzene rings is 1. The zero-order valence-corrected chi connectivity index (χ0v) is 16.9. The average molecular weight is 409 g/mol. The van der Waals surface area contributed by atoms with Crippen LogP contribution in [0.1, 0.15) is 25.0 Å². The molecule has 0 spiro atoms. The minimum atomic E-state index is -4.43. The van der Waals surface area contributed by atoms with Crippen LogP contribution in [0.5, 0.6) is 5.75 Å². The van der Waals surface area contributed by atoms with Crippen LogP contribution in [0.3, 0.4) is 0 Å². The molecule has 0 fully saturated rings. The number of ether oxygens (including phenoxy) is 1. The van der Waals surface area contributed by atoms with Gasteiger partial charge in [-0.25, -0.2) is 8.42 Å². The number of hydrogen-bond donors (Lipinski definition) is 2. The Bertz CT molecular complexity index is 775. The maximum absolute atomic E-state index is 12.4. The Morgan fingerprint density at radius 2 is 1.85 bits per heavy atom. The van der Waals surface area contributed by atoms with Crippen molar-refractivity contribution in [2.24, 2.45) is 4.99 Å². The van der Waals surface area contributed by atoms with Crippen molar-refractivity contribution in [3.63, 3.8) is 0 Å². The summed E-state index contributed by atoms with van der Waals surface area (Å²) < 4.78 is 64.7. The molecule has 0 saturated carbocycles. The van der Waals surface area contributed by atoms with Crippen LogP contribution in [0.2, 0.25) is 0 Å². The van der Waals surface area contributed by atoms with Crippen molar-refractivity contribution in [2.75, 3.05) is 26.5 Å². The van der Waals surface area contributed by atoms with E-state index in [0.717, 1.165) is 11.8 Å². The third-order valence-electron chi connectivity index (χ3n) is 3.97. The van der Waals surface area contributed by atoms with Crippen LogP contribution in [0, 0.1) is 6.92 Å². The molecule has 0 aliphatic heterocycles. The van der Waals surface area contributed by atoms with Gasteiger partial charge in [-0.3, -0.25) is 4.99 Å². The smallest absolute Gasteiger partial charge is 0.422 e. The average Bonchev–Trinajstić information content (AvgIpc) is 2.52. The van der Waals surface area contributed by atoms with Gasteiger partial charge in [0.25, 0.3) is 0 Å². The van der Waals surface area contributed by atoms with Crippen molar-refractivity contribution in [3.8, 4) is 5.75 Å². The number of nitrogens with zero attached hydrogens (tertiary/aromatic N) is 1. The summed E-state index contributed by atoms with van der Waals surface area (Å²) in [7, 11) is -1.77. The molecule has 0 aliphatic rings. The Balaban J connectivity index is 2.78. The summed E-state index contributed by atoms with van der Waals surface area (Å²) in [6.07, 6.45) is -3.27. The molecule has 1 rings (SSSR count). The summed E-state index contributed by atoms with van der Waals surface area (Å²) in [5, 5.41) is 5.86. The van der Waals surface area contributed by atoms with E-state index in [1.54, 1.807) is 32.9 Å². The molecule has 2 N–H and O–H groups in total. The van der Waals surface area contributed by atoms with Gasteiger partial charge in [-0.15, -0.1) is 0 Å². The maximum atomic E-state index is 12.4. The molecule has 0 unspecified atom stereocenters. The molecule has 27 heavy (non-hydrogen) atoms. The minimum Gasteiger partial charge on any atom is -0.484 e. The Kier molecular flexibility index (Phi) is 7.53. The fourth-order valence-corrected chi connectivity index (χ4v) is 2.26. The first-order chi connectivity index (χ1) is 12.2. The molecule has 1 aromatic carbocycles. The Labute approximate surface area is 158 Å². The molecule has 0 saturated heterocycles. The van der Waals surface area contributed by atoms with Crippen molar-refractivity contribution >= 4 is 15.8 Å². The van der Waals surface area contributed by atoms with E-state index in [4.69, 9.17) is 4.74 Å². The molecule has 10 heteroatoms. The third-order valence-corrected chi connectivity index (χ3v) is 6.12. The summed E-state index contributed by atoms with van der Waals surface area (Å²) in [6.45, 7) is 3.84. The summed E-state index contributed by atoms with van der Waals surface area (Å²) in [5.74, 6) is 0.459. The second kappa shape index (κ2) is 8.81. The molecule has 0 aliphatic carbocycles. The number of halogens is 3. The number of nitrogens with one attached hydrogen (secondary N) is 2. The van der Waals surface area contributed by atoms with Crippen LogP contribution in [-0.4, -0.2) is 51.8 Å². The predicted octanol–water partition coefficient (Wildman–Crippen LogP) is 2.42. The number of rotatable bonds is 7. The normalized spacial score (nSPS) is 13.4. The molecule has 0 radical (unpaired) electrons. The Hall–Kier alpha value is -1.97. The highest BCUT2D eigenvalue weighted by Gasteiger charge is 2.30. The zero-order chi connectivity index (χ0) is 20.9. The van der Waals surface area contributed by atoms with Crippen molar-refractivity contribution in [2.45, 2.75) is 38.2 Å². The van der Waals surface area contributed by atoms with Gasteiger partial charge in [0.15, 0.2) is 22.4 Å². The van der Waals surface area contributed by atoms with E-state index in [1.807, 2.05) is 0 Å². The monoisotopic (exact) mass is 409 g/mol. The van der Waals surface area contributed by atoms with Crippen LogP contribution in [0.4, 0.5) is 13.2 Å². The van der Waals surface area contributed by atoms with Crippen molar-refractivity contribution in [3.05, 3.63) is 29.3 Å². The second-order valence-electron chi connectivity index (χ2n) is 6.83. The molecule has 6 nitrogen and oxygen atoms in total. The van der Waals surface area contributed by atoms with Crippen molar-refractivity contribution in [1.82, 2.24) is 10.6 Å². The summed E-state index contributed by atoms with van der Waals surface area (Å²) in [5.41, 5.74) is 1.29. The highest BCUT2D eigenvalue weighted by atomic mass is 32.2. The van der Waals surface area contributed by atoms with Gasteiger partial charge in [-0.05, 0) is 32.4 Å². The third kappa shape index (κ3) is 7.66. The van der Waals surface area contributed by atoms with Crippen LogP contribution in [-0.2, 0) is 16.4 Å². The molecule has 1 aromatic rings. The molecule has 0 aromatic heterocycles. The molecule has 154 valence electrons. The van der Waals surface area contributed by atoms with Crippen LogP contribution >= 0.6 is 0 Å². The molecule has 0 heterocycles. The second-order valence-corrected chi connectivity index (χ2v) is 9.48. The first-order valence-corrected chi connectivity index (χ1v) is 10.1. The van der Waals surface area contributed by atoms with Gasteiger partial charge in [0.1, 0.15) is 5.75 Å². The van der Waals surface area contributed by atoms with Crippen LogP contribution < -0.4 is 15.4 Å². The summed E-state index contributed by atoms with van der Waals surface area (Å²) in [4.78, 5) is 4.00. The lowest BCUT2D eigenvalue weighted by molar-refractivity contribution is -0.153. The number of aryl methyl sites for hydroxylation is 1. The summed E-state index contributed by atoms with van der Waals surface area (Å²) in [6, 6.07) is 4.97. The first kappa shape index (κ1) is 23.1. The first-order valence-electron chi connectivity index (χ1n) is 8.18. The van der Waals surface area contributed by atoms with Crippen LogP contribution in [0.25, 0.3) is 0 Å². The zero-order valence-electron chi connectivity index (χ0n) is 16.1. The van der Waals surface area contributed by atoms with Gasteiger partial charge in [-0.1, -0.05) is 12.1 Å². The lowest BCUT2D eigenvalue weighted by Gasteiger charge is -2.24. The summed E-state index contributed by atoms with van der Waals surface area (Å²) >= 11 is 0. The number of hydrogen-bond acceptors (Lipinski definition) is 4. The van der Waals surface area contributed by atoms with E-state index >= 15 is 0 Å². The molecule has 0 bridgehead atoms. The molecular weight excluding hydrogens is 383 g/mol. The molecular formula is C17H26F3N3O3S. The highest BCUT2D eigenvalue weighted by Crippen LogP contribution is 2.23. The number of alkyl halides is 3. The molecule has 0 amide bonds. The van der Waals surface area contributed by atoms with E-state index in [2.05, 4.69) is 15.6 Å². The Morgan fingerprint density at radius 3 is 2.37 bits per heavy atom. The lowest BCUT2D eigenvalue weighted by Crippen LogP contribution is -2.47. The number of sulfone groups is 1. The van der Waals surface area contributed by atoms with Crippen molar-refractivity contribution < 1.29 is 26.3 Å². The number of aliphatic imine (C=N–C) groups is 1. The van der Waals surface area contributed by atoms with Gasteiger partial charge in [0.05, 0.1) is 4.75 Å². The van der Waals surface area contributed by atoms with Gasteiger partial charge >= 0.3 is 6.18 Å². The van der Waals surface area contributed by atoms with Crippen LogP contribution in [0.15, 0.2) is 23.2 Å². The van der Waals surface area contributed by atoms with Crippen molar-refractivity contribution in [1.29, 1.82) is 0 Å². The fraction of sp³-hybridized carbons (Fsp3) is 0.588. The standard InChI is InChI=1S/C17H26F3N3O3S/c1-12-6-7-13(14(8-12)26-11-17(18,19)20)9-22-15(21-4)23-10-16(2,3)27(5,24)25/h6-8H,9-11H2,1-5H3,(H2,21,22,23). The van der Waals surface area contributed by atoms with Gasteiger partial charge in [-0.2, -0.15) is 13.2 Å². The van der Waals surface area contributed by atoms with E-state index in [-0.39, 0.29) is 18.8 Å². The van der Waals surface area contributed by atoms with E-state index < -0.39 is 27.4 Å². The van der Waals surface area contributed by atoms with Gasteiger partial charge in [0.2, 0.25) is 0 Å². The quantitative estimate of drug-likeness (QED) is 0.534. The molecule has 0 atom stereocenters. The predicted molar refractivity (Wildman–Crippen MR) is 99.9 cm³/mol. The SMILES string of the molecule is CN=C(NCc1ccc(C)cc1OCC(F)(F)F)NCC(C)(C)S(C)(=O)=O. The van der Waals surface area contributed by atoms with Gasteiger partial charge in [0, 0.05) is 32.0 Å². The largest absolute Gasteiger partial charge is 0.484 e. The number of guanidine groups is 1. The highest BCUT2D eigenvalue weighted by molar-refractivity contribution is 7.92. The maximum Gasteiger partial charge on any atom is 0.422 e. The Morgan fingerprint density at radius 1 is 1.22 bits per heavy atom. The van der Waals surface area contributed by atoms with E-state index in [9.17, 15) is 21.6 Å². The van der Waals surface area contributed by atoms with Gasteiger partial charge < -0.3 is 15.4 Å². The van der Waals surface area contributed by atoms with E-state index in [0.29, 0.717) is 11.5 Å². The lowest BCUT2D eigenvalue weighted by atomic mass is 10.1. The topological polar surface area (TPSA) is 79.8 Å².